The zero-order chi connectivity index (χ0) is 25.4. The summed E-state index contributed by atoms with van der Waals surface area (Å²) in [4.78, 5) is 37.2. The van der Waals surface area contributed by atoms with Gasteiger partial charge in [-0.3, -0.25) is 14.2 Å². The molecule has 5 N–H and O–H groups in total. The molecule has 0 spiro atoms. The maximum Gasteiger partial charge on any atom is 0.323 e. The summed E-state index contributed by atoms with van der Waals surface area (Å²) in [6.07, 6.45) is -2.52. The fraction of sp³-hybridized carbons (Fsp3) is 0.667. The van der Waals surface area contributed by atoms with Crippen LogP contribution < -0.4 is 16.8 Å². The van der Waals surface area contributed by atoms with Crippen molar-refractivity contribution in [2.75, 3.05) is 24.7 Å². The Hall–Kier alpha value is -3.06. The van der Waals surface area contributed by atoms with Gasteiger partial charge in [-0.1, -0.05) is 27.7 Å². The molecule has 5 atom stereocenters. The second kappa shape index (κ2) is 9.66. The highest BCUT2D eigenvalue weighted by atomic mass is 19.1. The molecule has 3 rings (SSSR count). The van der Waals surface area contributed by atoms with E-state index in [1.54, 1.807) is 34.7 Å². The van der Waals surface area contributed by atoms with Crippen LogP contribution in [0.5, 0.6) is 0 Å². The molecular weight excluding hydrogens is 449 g/mol. The van der Waals surface area contributed by atoms with Crippen molar-refractivity contribution < 1.29 is 28.2 Å². The first-order valence-electron chi connectivity index (χ1n) is 11.0. The van der Waals surface area contributed by atoms with Crippen molar-refractivity contribution in [3.05, 3.63) is 6.33 Å². The van der Waals surface area contributed by atoms with Gasteiger partial charge in [-0.25, -0.2) is 9.37 Å². The van der Waals surface area contributed by atoms with Crippen molar-refractivity contribution in [3.8, 4) is 0 Å². The van der Waals surface area contributed by atoms with Gasteiger partial charge in [0, 0.05) is 7.05 Å². The number of anilines is 2. The summed E-state index contributed by atoms with van der Waals surface area (Å²) in [5.41, 5.74) is 10.0. The van der Waals surface area contributed by atoms with E-state index in [9.17, 15) is 9.59 Å². The molecule has 188 valence electrons. The van der Waals surface area contributed by atoms with Crippen molar-refractivity contribution >= 4 is 34.9 Å². The SMILES string of the molecule is CNc1nc(N)nc2c1ncn2[C@@H]1O[C@H](COC(=O)C(C)C)[C@@H](OC(=O)[C@@H](N)C(C)C)[C@@]1(C)F. The summed E-state index contributed by atoms with van der Waals surface area (Å²) in [6, 6.07) is -0.964. The molecule has 1 fully saturated rings. The quantitative estimate of drug-likeness (QED) is 0.462. The molecule has 2 aromatic rings. The molecule has 0 saturated carbocycles. The number of nitrogens with one attached hydrogen (secondary N) is 1. The van der Waals surface area contributed by atoms with Crippen LogP contribution in [-0.4, -0.2) is 69.0 Å². The minimum absolute atomic E-state index is 0.0505. The number of nitrogens with zero attached hydrogens (tertiary/aromatic N) is 4. The first kappa shape index (κ1) is 25.6. The van der Waals surface area contributed by atoms with Gasteiger partial charge >= 0.3 is 11.9 Å². The normalized spacial score (nSPS) is 25.6. The minimum Gasteiger partial charge on any atom is -0.463 e. The average Bonchev–Trinajstić information content (AvgIpc) is 3.28. The van der Waals surface area contributed by atoms with E-state index in [1.807, 2.05) is 0 Å². The van der Waals surface area contributed by atoms with Crippen LogP contribution in [-0.2, 0) is 23.8 Å². The molecule has 13 heteroatoms. The summed E-state index contributed by atoms with van der Waals surface area (Å²) in [7, 11) is 1.64. The van der Waals surface area contributed by atoms with E-state index in [0.717, 1.165) is 0 Å². The molecule has 1 aliphatic heterocycles. The lowest BCUT2D eigenvalue weighted by Gasteiger charge is -2.29. The molecule has 0 unspecified atom stereocenters. The number of rotatable bonds is 8. The number of alkyl halides is 1. The summed E-state index contributed by atoms with van der Waals surface area (Å²) in [5.74, 6) is -1.61. The van der Waals surface area contributed by atoms with Gasteiger partial charge in [0.2, 0.25) is 5.95 Å². The summed E-state index contributed by atoms with van der Waals surface area (Å²) in [6.45, 7) is 7.74. The highest BCUT2D eigenvalue weighted by molar-refractivity contribution is 5.84. The molecule has 0 amide bonds. The maximum absolute atomic E-state index is 16.3. The van der Waals surface area contributed by atoms with Crippen molar-refractivity contribution in [1.29, 1.82) is 0 Å². The summed E-state index contributed by atoms with van der Waals surface area (Å²) >= 11 is 0. The average molecular weight is 482 g/mol. The lowest BCUT2D eigenvalue weighted by molar-refractivity contribution is -0.164. The topological polar surface area (TPSA) is 170 Å². The van der Waals surface area contributed by atoms with Crippen LogP contribution in [0.1, 0.15) is 40.8 Å². The number of esters is 2. The molecule has 3 heterocycles. The van der Waals surface area contributed by atoms with E-state index in [1.165, 1.54) is 17.8 Å². The Kier molecular flexibility index (Phi) is 7.26. The third kappa shape index (κ3) is 4.75. The van der Waals surface area contributed by atoms with E-state index in [-0.39, 0.29) is 24.1 Å². The van der Waals surface area contributed by atoms with Crippen LogP contribution in [0.25, 0.3) is 11.2 Å². The molecule has 0 aliphatic carbocycles. The van der Waals surface area contributed by atoms with E-state index >= 15 is 4.39 Å². The fourth-order valence-corrected chi connectivity index (χ4v) is 3.62. The van der Waals surface area contributed by atoms with Gasteiger partial charge < -0.3 is 31.0 Å². The Balaban J connectivity index is 1.99. The molecule has 34 heavy (non-hydrogen) atoms. The van der Waals surface area contributed by atoms with Gasteiger partial charge in [-0.2, -0.15) is 9.97 Å². The Morgan fingerprint density at radius 3 is 2.56 bits per heavy atom. The lowest BCUT2D eigenvalue weighted by atomic mass is 9.97. The number of imidazole rings is 1. The van der Waals surface area contributed by atoms with Crippen LogP contribution in [0.4, 0.5) is 16.2 Å². The van der Waals surface area contributed by atoms with Crippen molar-refractivity contribution in [1.82, 2.24) is 19.5 Å². The Morgan fingerprint density at radius 2 is 1.97 bits per heavy atom. The molecule has 0 bridgehead atoms. The number of nitrogens with two attached hydrogens (primary N) is 2. The lowest BCUT2D eigenvalue weighted by Crippen LogP contribution is -2.48. The third-order valence-electron chi connectivity index (χ3n) is 5.70. The standard InChI is InChI=1S/C21H32FN7O5/c1-9(2)12(23)18(31)34-14-11(7-32-17(30)10(3)4)33-19(21(14,5)22)29-8-26-13-15(25-6)27-20(24)28-16(13)29/h8-12,14,19H,7,23H2,1-6H3,(H3,24,25,27,28)/t11-,12+,14-,19-,21-/m1/s1. The number of nitrogen functional groups attached to an aromatic ring is 1. The predicted octanol–water partition coefficient (Wildman–Crippen LogP) is 1.17. The van der Waals surface area contributed by atoms with Gasteiger partial charge in [0.25, 0.3) is 0 Å². The second-order valence-corrected chi connectivity index (χ2v) is 9.09. The van der Waals surface area contributed by atoms with Crippen LogP contribution in [0, 0.1) is 11.8 Å². The highest BCUT2D eigenvalue weighted by Crippen LogP contribution is 2.44. The fourth-order valence-electron chi connectivity index (χ4n) is 3.62. The molecule has 2 aromatic heterocycles. The zero-order valence-corrected chi connectivity index (χ0v) is 20.1. The number of hydrogen-bond donors (Lipinski definition) is 3. The van der Waals surface area contributed by atoms with Gasteiger partial charge in [0.05, 0.1) is 12.2 Å². The first-order valence-corrected chi connectivity index (χ1v) is 11.0. The number of carbonyl (C=O) groups is 2. The van der Waals surface area contributed by atoms with Crippen LogP contribution >= 0.6 is 0 Å². The Bertz CT molecular complexity index is 1060. The molecule has 0 radical (unpaired) electrons. The van der Waals surface area contributed by atoms with E-state index in [2.05, 4.69) is 20.3 Å². The minimum atomic E-state index is -2.27. The highest BCUT2D eigenvalue weighted by Gasteiger charge is 2.59. The molecule has 1 saturated heterocycles. The number of halogens is 1. The van der Waals surface area contributed by atoms with Crippen LogP contribution in [0.3, 0.4) is 0 Å². The Morgan fingerprint density at radius 1 is 1.29 bits per heavy atom. The first-order chi connectivity index (χ1) is 15.9. The molecule has 0 aromatic carbocycles. The number of fused-ring (bicyclic) bond motifs is 1. The van der Waals surface area contributed by atoms with Crippen LogP contribution in [0.2, 0.25) is 0 Å². The van der Waals surface area contributed by atoms with E-state index in [4.69, 9.17) is 25.7 Å². The number of aromatic nitrogens is 4. The zero-order valence-electron chi connectivity index (χ0n) is 20.1. The third-order valence-corrected chi connectivity index (χ3v) is 5.70. The van der Waals surface area contributed by atoms with Crippen molar-refractivity contribution in [3.63, 3.8) is 0 Å². The smallest absolute Gasteiger partial charge is 0.323 e. The predicted molar refractivity (Wildman–Crippen MR) is 121 cm³/mol. The summed E-state index contributed by atoms with van der Waals surface area (Å²) in [5, 5.41) is 2.86. The van der Waals surface area contributed by atoms with Gasteiger partial charge in [0.15, 0.2) is 35.0 Å². The largest absolute Gasteiger partial charge is 0.463 e. The molecule has 1 aliphatic rings. The molecular formula is C21H32FN7O5. The number of carbonyl (C=O) groups excluding carboxylic acids is 2. The second-order valence-electron chi connectivity index (χ2n) is 9.09. The van der Waals surface area contributed by atoms with Gasteiger partial charge in [-0.05, 0) is 12.8 Å². The number of hydrogen-bond acceptors (Lipinski definition) is 11. The molecule has 12 nitrogen and oxygen atoms in total. The van der Waals surface area contributed by atoms with E-state index in [0.29, 0.717) is 11.3 Å². The van der Waals surface area contributed by atoms with E-state index < -0.39 is 48.0 Å². The summed E-state index contributed by atoms with van der Waals surface area (Å²) < 4.78 is 34.4. The van der Waals surface area contributed by atoms with Gasteiger partial charge in [0.1, 0.15) is 18.8 Å². The maximum atomic E-state index is 16.3. The van der Waals surface area contributed by atoms with Crippen LogP contribution in [0.15, 0.2) is 6.33 Å². The Labute approximate surface area is 196 Å². The van der Waals surface area contributed by atoms with Gasteiger partial charge in [-0.15, -0.1) is 0 Å². The van der Waals surface area contributed by atoms with Crippen molar-refractivity contribution in [2.45, 2.75) is 64.8 Å². The van der Waals surface area contributed by atoms with Crippen molar-refractivity contribution in [2.24, 2.45) is 17.6 Å². The monoisotopic (exact) mass is 481 g/mol. The number of ether oxygens (including phenoxy) is 3.